The third kappa shape index (κ3) is 5.98. The smallest absolute Gasteiger partial charge is 0.493 e. The second kappa shape index (κ2) is 10.3. The standard InChI is InChI=1S/C23H28N3O4S.Na/c1-16-19(13-31(27)21-25-17-7-5-6-8-18(17)26-21)24-11-9-20(16)28-12-10-23(4)29-14-22(2,3)15-30-23;/h5-9,11H,10,12-15H2,1-4H3;/q-1;+1. The van der Waals surface area contributed by atoms with Gasteiger partial charge in [0.05, 0.1) is 42.1 Å². The van der Waals surface area contributed by atoms with E-state index >= 15 is 0 Å². The predicted molar refractivity (Wildman–Crippen MR) is 118 cm³/mol. The number of nitrogens with zero attached hydrogens (tertiary/aromatic N) is 3. The van der Waals surface area contributed by atoms with Crippen molar-refractivity contribution < 1.29 is 48.0 Å². The topological polar surface area (TPSA) is 84.6 Å². The van der Waals surface area contributed by atoms with Gasteiger partial charge in [0, 0.05) is 28.8 Å². The number of ether oxygens (including phenoxy) is 3. The van der Waals surface area contributed by atoms with Crippen LogP contribution in [0.15, 0.2) is 41.7 Å². The number of pyridine rings is 1. The number of fused-ring (bicyclic) bond motifs is 1. The number of benzene rings is 1. The van der Waals surface area contributed by atoms with Crippen LogP contribution in [0.3, 0.4) is 0 Å². The zero-order valence-corrected chi connectivity index (χ0v) is 22.2. The summed E-state index contributed by atoms with van der Waals surface area (Å²) in [6.45, 7) is 9.88. The molecule has 3 aromatic rings. The molecule has 0 N–H and O–H groups in total. The molecule has 9 heteroatoms. The molecule has 0 spiro atoms. The fourth-order valence-electron chi connectivity index (χ4n) is 3.31. The van der Waals surface area contributed by atoms with Gasteiger partial charge in [0.25, 0.3) is 0 Å². The number of para-hydroxylation sites is 2. The fourth-order valence-corrected chi connectivity index (χ4v) is 4.37. The molecule has 0 saturated carbocycles. The average Bonchev–Trinajstić information content (AvgIpc) is 3.18. The fraction of sp³-hybridized carbons (Fsp3) is 0.478. The summed E-state index contributed by atoms with van der Waals surface area (Å²) < 4.78 is 30.7. The molecular formula is C23H28N3NaO4S. The number of rotatable bonds is 7. The number of hydrogen-bond donors (Lipinski definition) is 0. The Bertz CT molecular complexity index is 1060. The molecule has 0 aliphatic carbocycles. The minimum atomic E-state index is -1.39. The molecule has 0 radical (unpaired) electrons. The van der Waals surface area contributed by atoms with E-state index in [2.05, 4.69) is 28.8 Å². The summed E-state index contributed by atoms with van der Waals surface area (Å²) in [5.41, 5.74) is 3.10. The van der Waals surface area contributed by atoms with Gasteiger partial charge < -0.3 is 24.2 Å². The molecule has 7 nitrogen and oxygen atoms in total. The minimum Gasteiger partial charge on any atom is -0.493 e. The third-order valence-electron chi connectivity index (χ3n) is 5.39. The second-order valence-electron chi connectivity index (χ2n) is 8.84. The van der Waals surface area contributed by atoms with Gasteiger partial charge in [0.15, 0.2) is 5.79 Å². The maximum atomic E-state index is 12.8. The first-order chi connectivity index (χ1) is 14.7. The molecular weight excluding hydrogens is 437 g/mol. The van der Waals surface area contributed by atoms with Crippen molar-refractivity contribution in [3.8, 4) is 5.75 Å². The number of imidazole rings is 1. The Morgan fingerprint density at radius 2 is 1.88 bits per heavy atom. The monoisotopic (exact) mass is 465 g/mol. The van der Waals surface area contributed by atoms with Crippen LogP contribution in [-0.2, 0) is 26.0 Å². The van der Waals surface area contributed by atoms with Crippen LogP contribution < -0.4 is 39.3 Å². The molecule has 166 valence electrons. The summed E-state index contributed by atoms with van der Waals surface area (Å²) in [6, 6.07) is 9.33. The Kier molecular flexibility index (Phi) is 8.17. The molecule has 1 unspecified atom stereocenters. The van der Waals surface area contributed by atoms with Gasteiger partial charge in [-0.2, -0.15) is 0 Å². The third-order valence-corrected chi connectivity index (χ3v) is 6.52. The Morgan fingerprint density at radius 3 is 2.59 bits per heavy atom. The van der Waals surface area contributed by atoms with E-state index in [-0.39, 0.29) is 40.7 Å². The zero-order valence-electron chi connectivity index (χ0n) is 19.4. The predicted octanol–water partition coefficient (Wildman–Crippen LogP) is 0.765. The summed E-state index contributed by atoms with van der Waals surface area (Å²) in [6.07, 6.45) is 2.29. The van der Waals surface area contributed by atoms with E-state index in [9.17, 15) is 4.21 Å². The van der Waals surface area contributed by atoms with Crippen molar-refractivity contribution in [3.63, 3.8) is 0 Å². The van der Waals surface area contributed by atoms with Gasteiger partial charge >= 0.3 is 29.6 Å². The number of hydrogen-bond acceptors (Lipinski definition) is 6. The molecule has 2 aromatic heterocycles. The quantitative estimate of drug-likeness (QED) is 0.477. The van der Waals surface area contributed by atoms with Gasteiger partial charge in [0.2, 0.25) is 0 Å². The van der Waals surface area contributed by atoms with Crippen LogP contribution in [0.5, 0.6) is 5.75 Å². The molecule has 1 saturated heterocycles. The van der Waals surface area contributed by atoms with Crippen LogP contribution in [0, 0.1) is 12.3 Å². The second-order valence-corrected chi connectivity index (χ2v) is 10.2. The van der Waals surface area contributed by atoms with Crippen LogP contribution in [0.4, 0.5) is 0 Å². The van der Waals surface area contributed by atoms with Gasteiger partial charge in [-0.05, 0) is 30.9 Å². The Morgan fingerprint density at radius 1 is 1.16 bits per heavy atom. The van der Waals surface area contributed by atoms with Gasteiger partial charge in [-0.3, -0.25) is 9.19 Å². The molecule has 1 aromatic carbocycles. The maximum Gasteiger partial charge on any atom is 1.00 e. The first kappa shape index (κ1) is 25.3. The normalized spacial score (nSPS) is 18.1. The SMILES string of the molecule is Cc1c(OCCC2(C)OCC(C)(C)CO2)ccnc1CS(=O)c1nc2ccccc2[n-]1.[Na+]. The van der Waals surface area contributed by atoms with Crippen LogP contribution in [-0.4, -0.2) is 39.8 Å². The average molecular weight is 466 g/mol. The van der Waals surface area contributed by atoms with Gasteiger partial charge in [0.1, 0.15) is 5.75 Å². The van der Waals surface area contributed by atoms with E-state index < -0.39 is 16.6 Å². The van der Waals surface area contributed by atoms with Gasteiger partial charge in [-0.15, -0.1) is 0 Å². The van der Waals surface area contributed by atoms with Crippen molar-refractivity contribution in [1.29, 1.82) is 0 Å². The summed E-state index contributed by atoms with van der Waals surface area (Å²) in [4.78, 5) is 13.2. The van der Waals surface area contributed by atoms with E-state index in [0.29, 0.717) is 37.1 Å². The maximum absolute atomic E-state index is 12.8. The molecule has 0 amide bonds. The molecule has 1 aliphatic rings. The molecule has 4 rings (SSSR count). The molecule has 1 fully saturated rings. The van der Waals surface area contributed by atoms with E-state index in [0.717, 1.165) is 22.3 Å². The first-order valence-corrected chi connectivity index (χ1v) is 11.7. The molecule has 3 heterocycles. The zero-order chi connectivity index (χ0) is 22.1. The summed E-state index contributed by atoms with van der Waals surface area (Å²) in [5, 5.41) is 0.330. The van der Waals surface area contributed by atoms with Crippen molar-refractivity contribution >= 4 is 21.8 Å². The van der Waals surface area contributed by atoms with Crippen molar-refractivity contribution in [3.05, 3.63) is 47.8 Å². The van der Waals surface area contributed by atoms with Crippen molar-refractivity contribution in [2.75, 3.05) is 19.8 Å². The van der Waals surface area contributed by atoms with E-state index in [1.54, 1.807) is 6.20 Å². The molecule has 1 aliphatic heterocycles. The van der Waals surface area contributed by atoms with Crippen molar-refractivity contribution in [2.45, 2.75) is 50.8 Å². The van der Waals surface area contributed by atoms with Gasteiger partial charge in [-0.1, -0.05) is 38.1 Å². The van der Waals surface area contributed by atoms with E-state index in [4.69, 9.17) is 14.2 Å². The molecule has 1 atom stereocenters. The van der Waals surface area contributed by atoms with Crippen LogP contribution in [0.1, 0.15) is 38.4 Å². The Balaban J connectivity index is 0.00000289. The van der Waals surface area contributed by atoms with Crippen molar-refractivity contribution in [1.82, 2.24) is 15.0 Å². The van der Waals surface area contributed by atoms with Crippen LogP contribution >= 0.6 is 0 Å². The summed E-state index contributed by atoms with van der Waals surface area (Å²) in [5.74, 6) is 0.311. The molecule has 32 heavy (non-hydrogen) atoms. The summed E-state index contributed by atoms with van der Waals surface area (Å²) in [7, 11) is -1.39. The van der Waals surface area contributed by atoms with Crippen LogP contribution in [0.2, 0.25) is 0 Å². The van der Waals surface area contributed by atoms with Gasteiger partial charge in [-0.25, -0.2) is 0 Å². The minimum absolute atomic E-state index is 0. The molecule has 0 bridgehead atoms. The Hall–Kier alpha value is -1.29. The van der Waals surface area contributed by atoms with E-state index in [1.807, 2.05) is 44.2 Å². The van der Waals surface area contributed by atoms with Crippen LogP contribution in [0.25, 0.3) is 11.0 Å². The van der Waals surface area contributed by atoms with Crippen molar-refractivity contribution in [2.24, 2.45) is 5.41 Å². The number of aromatic nitrogens is 3. The first-order valence-electron chi connectivity index (χ1n) is 10.4. The largest absolute Gasteiger partial charge is 1.00 e. The Labute approximate surface area is 213 Å². The van der Waals surface area contributed by atoms with E-state index in [1.165, 1.54) is 0 Å². The summed E-state index contributed by atoms with van der Waals surface area (Å²) >= 11 is 0.